The number of hydrogen-bond acceptors (Lipinski definition) is 3. The average Bonchev–Trinajstić information content (AvgIpc) is 3.37. The molecule has 1 amide bonds. The van der Waals surface area contributed by atoms with Gasteiger partial charge in [-0.05, 0) is 54.8 Å². The van der Waals surface area contributed by atoms with Gasteiger partial charge in [0.25, 0.3) is 5.91 Å². The molecule has 6 heteroatoms. The molecule has 1 aliphatic carbocycles. The number of carbonyl (C=O) groups excluding carboxylic acids is 2. The molecule has 1 fully saturated rings. The number of amides is 1. The number of esters is 1. The molecule has 0 radical (unpaired) electrons. The van der Waals surface area contributed by atoms with E-state index in [-0.39, 0.29) is 12.6 Å². The third-order valence-electron chi connectivity index (χ3n) is 4.00. The Bertz CT molecular complexity index is 753. The smallest absolute Gasteiger partial charge is 0.317 e. The SMILES string of the molecule is O=C(COC(=O)C1(c2ccc(Cl)cc2)CC1)Nc1ccc(Cl)cc1. The molecule has 0 bridgehead atoms. The van der Waals surface area contributed by atoms with E-state index in [4.69, 9.17) is 27.9 Å². The highest BCUT2D eigenvalue weighted by atomic mass is 35.5. The van der Waals surface area contributed by atoms with Gasteiger partial charge in [-0.15, -0.1) is 0 Å². The van der Waals surface area contributed by atoms with E-state index in [1.165, 1.54) is 0 Å². The number of hydrogen-bond donors (Lipinski definition) is 1. The van der Waals surface area contributed by atoms with Crippen molar-refractivity contribution in [2.45, 2.75) is 18.3 Å². The van der Waals surface area contributed by atoms with Crippen LogP contribution in [-0.2, 0) is 19.7 Å². The molecule has 0 unspecified atom stereocenters. The molecule has 124 valence electrons. The molecule has 0 spiro atoms. The molecule has 24 heavy (non-hydrogen) atoms. The predicted octanol–water partition coefficient (Wildman–Crippen LogP) is 4.21. The van der Waals surface area contributed by atoms with Crippen LogP contribution in [0.5, 0.6) is 0 Å². The van der Waals surface area contributed by atoms with Crippen molar-refractivity contribution in [3.63, 3.8) is 0 Å². The first-order chi connectivity index (χ1) is 11.5. The van der Waals surface area contributed by atoms with Gasteiger partial charge in [0.2, 0.25) is 0 Å². The molecule has 1 aliphatic rings. The first-order valence-electron chi connectivity index (χ1n) is 7.48. The Balaban J connectivity index is 1.56. The number of nitrogens with one attached hydrogen (secondary N) is 1. The maximum absolute atomic E-state index is 12.4. The summed E-state index contributed by atoms with van der Waals surface area (Å²) in [7, 11) is 0. The van der Waals surface area contributed by atoms with Crippen molar-refractivity contribution in [1.82, 2.24) is 0 Å². The summed E-state index contributed by atoms with van der Waals surface area (Å²) in [6.07, 6.45) is 1.43. The highest BCUT2D eigenvalue weighted by molar-refractivity contribution is 6.30. The molecule has 2 aromatic rings. The molecule has 0 heterocycles. The second-order valence-electron chi connectivity index (χ2n) is 5.72. The monoisotopic (exact) mass is 363 g/mol. The quantitative estimate of drug-likeness (QED) is 0.809. The minimum absolute atomic E-state index is 0.323. The van der Waals surface area contributed by atoms with E-state index in [1.54, 1.807) is 36.4 Å². The Labute approximate surface area is 149 Å². The summed E-state index contributed by atoms with van der Waals surface area (Å²) >= 11 is 11.7. The van der Waals surface area contributed by atoms with Gasteiger partial charge in [0, 0.05) is 15.7 Å². The molecule has 2 aromatic carbocycles. The normalized spacial score (nSPS) is 14.8. The fraction of sp³-hybridized carbons (Fsp3) is 0.222. The van der Waals surface area contributed by atoms with Crippen LogP contribution in [0.15, 0.2) is 48.5 Å². The van der Waals surface area contributed by atoms with E-state index in [2.05, 4.69) is 5.32 Å². The first kappa shape index (κ1) is 16.8. The molecule has 0 aromatic heterocycles. The minimum Gasteiger partial charge on any atom is -0.455 e. The number of carbonyl (C=O) groups is 2. The van der Waals surface area contributed by atoms with Crippen molar-refractivity contribution in [2.75, 3.05) is 11.9 Å². The van der Waals surface area contributed by atoms with Crippen LogP contribution in [0, 0.1) is 0 Å². The Kier molecular flexibility index (Phi) is 4.78. The Morgan fingerprint density at radius 1 is 0.958 bits per heavy atom. The number of anilines is 1. The van der Waals surface area contributed by atoms with Crippen molar-refractivity contribution < 1.29 is 14.3 Å². The Hall–Kier alpha value is -2.04. The lowest BCUT2D eigenvalue weighted by molar-refractivity contribution is -0.150. The fourth-order valence-corrected chi connectivity index (χ4v) is 2.76. The number of rotatable bonds is 5. The maximum Gasteiger partial charge on any atom is 0.317 e. The van der Waals surface area contributed by atoms with Crippen LogP contribution >= 0.6 is 23.2 Å². The topological polar surface area (TPSA) is 55.4 Å². The molecular weight excluding hydrogens is 349 g/mol. The van der Waals surface area contributed by atoms with E-state index in [0.29, 0.717) is 28.6 Å². The number of benzene rings is 2. The summed E-state index contributed by atoms with van der Waals surface area (Å²) in [6, 6.07) is 13.8. The lowest BCUT2D eigenvalue weighted by atomic mass is 9.96. The summed E-state index contributed by atoms with van der Waals surface area (Å²) < 4.78 is 5.20. The van der Waals surface area contributed by atoms with Crippen LogP contribution in [0.4, 0.5) is 5.69 Å². The Morgan fingerprint density at radius 2 is 1.50 bits per heavy atom. The lowest BCUT2D eigenvalue weighted by Gasteiger charge is -2.15. The van der Waals surface area contributed by atoms with E-state index >= 15 is 0 Å². The summed E-state index contributed by atoms with van der Waals surface area (Å²) in [5, 5.41) is 3.85. The van der Waals surface area contributed by atoms with Crippen molar-refractivity contribution in [3.8, 4) is 0 Å². The average molecular weight is 364 g/mol. The summed E-state index contributed by atoms with van der Waals surface area (Å²) in [6.45, 7) is -0.323. The van der Waals surface area contributed by atoms with Gasteiger partial charge >= 0.3 is 5.97 Å². The fourth-order valence-electron chi connectivity index (χ4n) is 2.50. The van der Waals surface area contributed by atoms with Gasteiger partial charge in [-0.3, -0.25) is 9.59 Å². The molecule has 0 aliphatic heterocycles. The first-order valence-corrected chi connectivity index (χ1v) is 8.24. The molecule has 4 nitrogen and oxygen atoms in total. The highest BCUT2D eigenvalue weighted by Gasteiger charge is 2.52. The molecule has 0 atom stereocenters. The van der Waals surface area contributed by atoms with Gasteiger partial charge in [0.15, 0.2) is 6.61 Å². The number of halogens is 2. The Morgan fingerprint density at radius 3 is 2.04 bits per heavy atom. The van der Waals surface area contributed by atoms with Crippen LogP contribution in [0.1, 0.15) is 18.4 Å². The van der Waals surface area contributed by atoms with Gasteiger partial charge in [0.1, 0.15) is 0 Å². The van der Waals surface area contributed by atoms with E-state index in [1.807, 2.05) is 12.1 Å². The molecule has 1 N–H and O–H groups in total. The van der Waals surface area contributed by atoms with Crippen molar-refractivity contribution in [2.24, 2.45) is 0 Å². The van der Waals surface area contributed by atoms with Crippen LogP contribution in [0.25, 0.3) is 0 Å². The molecule has 0 saturated heterocycles. The zero-order valence-corrected chi connectivity index (χ0v) is 14.2. The zero-order valence-electron chi connectivity index (χ0n) is 12.7. The molecule has 1 saturated carbocycles. The van der Waals surface area contributed by atoms with Crippen LogP contribution in [-0.4, -0.2) is 18.5 Å². The van der Waals surface area contributed by atoms with E-state index in [0.717, 1.165) is 5.56 Å². The predicted molar refractivity (Wildman–Crippen MR) is 93.4 cm³/mol. The lowest BCUT2D eigenvalue weighted by Crippen LogP contribution is -2.28. The van der Waals surface area contributed by atoms with Crippen molar-refractivity contribution >= 4 is 40.8 Å². The molecule has 3 rings (SSSR count). The number of ether oxygens (including phenoxy) is 1. The summed E-state index contributed by atoms with van der Waals surface area (Å²) in [5.74, 6) is -0.770. The van der Waals surface area contributed by atoms with E-state index in [9.17, 15) is 9.59 Å². The third kappa shape index (κ3) is 3.71. The van der Waals surface area contributed by atoms with Gasteiger partial charge in [-0.1, -0.05) is 35.3 Å². The maximum atomic E-state index is 12.4. The second kappa shape index (κ2) is 6.83. The van der Waals surface area contributed by atoms with Gasteiger partial charge < -0.3 is 10.1 Å². The van der Waals surface area contributed by atoms with Gasteiger partial charge in [-0.25, -0.2) is 0 Å². The van der Waals surface area contributed by atoms with Crippen LogP contribution in [0.3, 0.4) is 0 Å². The van der Waals surface area contributed by atoms with Gasteiger partial charge in [0.05, 0.1) is 5.41 Å². The van der Waals surface area contributed by atoms with E-state index < -0.39 is 11.3 Å². The van der Waals surface area contributed by atoms with Crippen molar-refractivity contribution in [3.05, 3.63) is 64.1 Å². The standard InChI is InChI=1S/C18H15Cl2NO3/c19-13-3-1-12(2-4-13)18(9-10-18)17(23)24-11-16(22)21-15-7-5-14(20)6-8-15/h1-8H,9-11H2,(H,21,22). The van der Waals surface area contributed by atoms with Crippen LogP contribution in [0.2, 0.25) is 10.0 Å². The molecular formula is C18H15Cl2NO3. The summed E-state index contributed by atoms with van der Waals surface area (Å²) in [5.41, 5.74) is 0.833. The van der Waals surface area contributed by atoms with Gasteiger partial charge in [-0.2, -0.15) is 0 Å². The minimum atomic E-state index is -0.634. The third-order valence-corrected chi connectivity index (χ3v) is 4.50. The highest BCUT2D eigenvalue weighted by Crippen LogP contribution is 2.49. The summed E-state index contributed by atoms with van der Waals surface area (Å²) in [4.78, 5) is 24.3. The zero-order chi connectivity index (χ0) is 17.2. The largest absolute Gasteiger partial charge is 0.455 e. The second-order valence-corrected chi connectivity index (χ2v) is 6.59. The van der Waals surface area contributed by atoms with Crippen LogP contribution < -0.4 is 5.32 Å². The van der Waals surface area contributed by atoms with Crippen molar-refractivity contribution in [1.29, 1.82) is 0 Å².